The van der Waals surface area contributed by atoms with Gasteiger partial charge in [0.1, 0.15) is 24.7 Å². The molecule has 2 aliphatic rings. The molecule has 3 atom stereocenters. The number of nitrogens with zero attached hydrogens (tertiary/aromatic N) is 1. The van der Waals surface area contributed by atoms with Gasteiger partial charge in [-0.3, -0.25) is 8.98 Å². The molecule has 0 aromatic heterocycles. The molecule has 0 bridgehead atoms. The van der Waals surface area contributed by atoms with Gasteiger partial charge in [-0.15, -0.1) is 0 Å². The predicted octanol–water partition coefficient (Wildman–Crippen LogP) is 3.26. The van der Waals surface area contributed by atoms with Gasteiger partial charge >= 0.3 is 5.97 Å². The summed E-state index contributed by atoms with van der Waals surface area (Å²) in [6, 6.07) is 5.16. The Balaban J connectivity index is 1.86. The van der Waals surface area contributed by atoms with E-state index in [1.165, 1.54) is 6.08 Å². The first-order valence-electron chi connectivity index (χ1n) is 10.6. The van der Waals surface area contributed by atoms with E-state index in [1.54, 1.807) is 23.1 Å². The van der Waals surface area contributed by atoms with Crippen molar-refractivity contribution in [3.63, 3.8) is 0 Å². The Morgan fingerprint density at radius 3 is 2.61 bits per heavy atom. The normalized spacial score (nSPS) is 22.3. The summed E-state index contributed by atoms with van der Waals surface area (Å²) in [6.07, 6.45) is 2.47. The Kier molecular flexibility index (Phi) is 7.90. The molecule has 0 radical (unpaired) electrons. The fourth-order valence-corrected chi connectivity index (χ4v) is 5.13. The number of rotatable bonds is 10. The first kappa shape index (κ1) is 25.7. The van der Waals surface area contributed by atoms with Gasteiger partial charge in [0.25, 0.3) is 10.1 Å². The van der Waals surface area contributed by atoms with E-state index < -0.39 is 16.1 Å². The number of β-lactam (4-membered cyclic amide) rings is 1. The lowest BCUT2D eigenvalue weighted by Crippen LogP contribution is -2.62. The van der Waals surface area contributed by atoms with Gasteiger partial charge in [-0.05, 0) is 46.2 Å². The number of ether oxygens (including phenoxy) is 2. The average Bonchev–Trinajstić information content (AvgIpc) is 2.97. The van der Waals surface area contributed by atoms with Crippen LogP contribution in [0.4, 0.5) is 0 Å². The number of carbonyl (C=O) groups is 2. The number of halogens is 1. The van der Waals surface area contributed by atoms with Crippen molar-refractivity contribution in [2.75, 3.05) is 19.5 Å². The van der Waals surface area contributed by atoms with Crippen LogP contribution in [0.3, 0.4) is 0 Å². The lowest BCUT2D eigenvalue weighted by molar-refractivity contribution is -0.160. The minimum absolute atomic E-state index is 0.0471. The molecule has 1 saturated heterocycles. The highest BCUT2D eigenvalue weighted by Gasteiger charge is 2.59. The fourth-order valence-electron chi connectivity index (χ4n) is 4.29. The first-order valence-corrected chi connectivity index (χ1v) is 13.5. The van der Waals surface area contributed by atoms with E-state index in [4.69, 9.17) is 13.7 Å². The molecule has 3 rings (SSSR count). The smallest absolute Gasteiger partial charge is 0.355 e. The largest absolute Gasteiger partial charge is 0.488 e. The van der Waals surface area contributed by atoms with Crippen LogP contribution in [-0.4, -0.2) is 50.7 Å². The molecular weight excluding hydrogens is 561 g/mol. The van der Waals surface area contributed by atoms with Crippen LogP contribution in [0.25, 0.3) is 0 Å². The van der Waals surface area contributed by atoms with Crippen molar-refractivity contribution in [3.8, 4) is 5.75 Å². The van der Waals surface area contributed by atoms with E-state index in [1.807, 2.05) is 20.8 Å². The summed E-state index contributed by atoms with van der Waals surface area (Å²) < 4.78 is 39.6. The summed E-state index contributed by atoms with van der Waals surface area (Å²) in [7, 11) is -3.57. The second kappa shape index (κ2) is 10.1. The SMILES string of the molecule is C=CCOC(=O)C1=C(COc2cc(COS(C)(=O)=O)ccc2I)[C@H](C)[C@@H]2[C@@H](C(C)C)C(=O)N12. The number of hydrogen-bond donors (Lipinski definition) is 0. The Morgan fingerprint density at radius 1 is 1.30 bits per heavy atom. The Hall–Kier alpha value is -1.92. The number of fused-ring (bicyclic) bond motifs is 1. The second-order valence-electron chi connectivity index (χ2n) is 8.54. The molecule has 0 aliphatic carbocycles. The molecule has 0 saturated carbocycles. The number of carbonyl (C=O) groups excluding carboxylic acids is 2. The molecule has 0 unspecified atom stereocenters. The van der Waals surface area contributed by atoms with E-state index in [2.05, 4.69) is 29.2 Å². The van der Waals surface area contributed by atoms with Crippen LogP contribution in [0, 0.1) is 21.3 Å². The van der Waals surface area contributed by atoms with Gasteiger partial charge in [0, 0.05) is 11.5 Å². The highest BCUT2D eigenvalue weighted by atomic mass is 127. The van der Waals surface area contributed by atoms with Gasteiger partial charge in [-0.25, -0.2) is 4.79 Å². The van der Waals surface area contributed by atoms with Crippen LogP contribution >= 0.6 is 22.6 Å². The summed E-state index contributed by atoms with van der Waals surface area (Å²) in [5.41, 5.74) is 1.59. The van der Waals surface area contributed by atoms with Crippen molar-refractivity contribution in [2.24, 2.45) is 17.8 Å². The molecule has 1 amide bonds. The molecule has 0 N–H and O–H groups in total. The zero-order chi connectivity index (χ0) is 24.5. The van der Waals surface area contributed by atoms with Crippen molar-refractivity contribution in [1.29, 1.82) is 0 Å². The predicted molar refractivity (Wildman–Crippen MR) is 131 cm³/mol. The van der Waals surface area contributed by atoms with E-state index in [9.17, 15) is 18.0 Å². The van der Waals surface area contributed by atoms with Crippen LogP contribution in [0.2, 0.25) is 0 Å². The van der Waals surface area contributed by atoms with Crippen LogP contribution in [0.1, 0.15) is 26.3 Å². The quantitative estimate of drug-likeness (QED) is 0.136. The molecule has 1 aromatic rings. The van der Waals surface area contributed by atoms with E-state index in [0.717, 1.165) is 9.83 Å². The number of esters is 1. The zero-order valence-corrected chi connectivity index (χ0v) is 22.0. The van der Waals surface area contributed by atoms with Gasteiger partial charge in [0.2, 0.25) is 5.91 Å². The van der Waals surface area contributed by atoms with Crippen molar-refractivity contribution in [1.82, 2.24) is 4.90 Å². The molecule has 8 nitrogen and oxygen atoms in total. The Labute approximate surface area is 208 Å². The highest BCUT2D eigenvalue weighted by molar-refractivity contribution is 14.1. The third kappa shape index (κ3) is 5.43. The summed E-state index contributed by atoms with van der Waals surface area (Å²) in [5.74, 6) is -0.184. The lowest BCUT2D eigenvalue weighted by atomic mass is 9.74. The van der Waals surface area contributed by atoms with E-state index in [-0.39, 0.29) is 55.2 Å². The molecule has 1 fully saturated rings. The minimum Gasteiger partial charge on any atom is -0.488 e. The van der Waals surface area contributed by atoms with E-state index in [0.29, 0.717) is 16.9 Å². The summed E-state index contributed by atoms with van der Waals surface area (Å²) >= 11 is 2.12. The van der Waals surface area contributed by atoms with Gasteiger partial charge in [0.05, 0.1) is 28.4 Å². The summed E-state index contributed by atoms with van der Waals surface area (Å²) in [5, 5.41) is 0. The molecule has 180 valence electrons. The van der Waals surface area contributed by atoms with E-state index >= 15 is 0 Å². The molecule has 1 aromatic carbocycles. The first-order chi connectivity index (χ1) is 15.5. The zero-order valence-electron chi connectivity index (χ0n) is 19.0. The highest BCUT2D eigenvalue weighted by Crippen LogP contribution is 2.48. The number of hydrogen-bond acceptors (Lipinski definition) is 7. The van der Waals surface area contributed by atoms with Crippen molar-refractivity contribution in [3.05, 3.63) is 51.3 Å². The number of amides is 1. The Morgan fingerprint density at radius 2 is 2.00 bits per heavy atom. The van der Waals surface area contributed by atoms with Crippen LogP contribution in [-0.2, 0) is 35.2 Å². The molecule has 2 aliphatic heterocycles. The molecule has 0 spiro atoms. The van der Waals surface area contributed by atoms with Gasteiger partial charge in [-0.1, -0.05) is 39.5 Å². The summed E-state index contributed by atoms with van der Waals surface area (Å²) in [6.45, 7) is 9.60. The van der Waals surface area contributed by atoms with Crippen LogP contribution in [0.15, 0.2) is 42.1 Å². The lowest BCUT2D eigenvalue weighted by Gasteiger charge is -2.47. The maximum atomic E-state index is 12.8. The third-order valence-corrected chi connectivity index (χ3v) is 7.30. The van der Waals surface area contributed by atoms with Crippen LogP contribution in [0.5, 0.6) is 5.75 Å². The summed E-state index contributed by atoms with van der Waals surface area (Å²) in [4.78, 5) is 27.2. The minimum atomic E-state index is -3.57. The maximum Gasteiger partial charge on any atom is 0.355 e. The Bertz CT molecular complexity index is 1100. The van der Waals surface area contributed by atoms with Crippen LogP contribution < -0.4 is 4.74 Å². The third-order valence-electron chi connectivity index (χ3n) is 5.86. The number of benzene rings is 1. The molecule has 2 heterocycles. The second-order valence-corrected chi connectivity index (χ2v) is 11.3. The van der Waals surface area contributed by atoms with Gasteiger partial charge in [-0.2, -0.15) is 8.42 Å². The maximum absolute atomic E-state index is 12.8. The van der Waals surface area contributed by atoms with Crippen molar-refractivity contribution in [2.45, 2.75) is 33.4 Å². The standard InChI is InChI=1S/C23H28INO7S/c1-6-9-30-23(27)21-16(14(4)20-19(13(2)3)22(26)25(20)21)12-31-18-10-15(7-8-17(18)24)11-32-33(5,28)29/h6-8,10,13-14,19-20H,1,9,11-12H2,2-5H3/t14-,19+,20+/m0/s1. The van der Waals surface area contributed by atoms with Gasteiger partial charge in [0.15, 0.2) is 0 Å². The average molecular weight is 589 g/mol. The monoisotopic (exact) mass is 589 g/mol. The van der Waals surface area contributed by atoms with Crippen molar-refractivity contribution >= 4 is 44.6 Å². The van der Waals surface area contributed by atoms with Crippen molar-refractivity contribution < 1.29 is 31.7 Å². The fraction of sp³-hybridized carbons (Fsp3) is 0.478. The topological polar surface area (TPSA) is 99.2 Å². The molecular formula is C23H28INO7S. The molecule has 10 heteroatoms. The van der Waals surface area contributed by atoms with Gasteiger partial charge < -0.3 is 14.4 Å². The molecule has 33 heavy (non-hydrogen) atoms.